The maximum atomic E-state index is 10.2. The van der Waals surface area contributed by atoms with Crippen LogP contribution in [0.1, 0.15) is 40.0 Å². The normalized spacial score (nSPS) is 11.8. The molecule has 0 aromatic rings. The van der Waals surface area contributed by atoms with Gasteiger partial charge in [-0.2, -0.15) is 0 Å². The number of likely N-dealkylation sites (N-methyl/N-ethyl adjacent to an activating group) is 1. The number of primary amides is 1. The number of carboxylic acid groups (broad SMARTS) is 2. The van der Waals surface area contributed by atoms with Crippen molar-refractivity contribution in [2.24, 2.45) is 39.6 Å². The van der Waals surface area contributed by atoms with Crippen LogP contribution in [0.15, 0.2) is 4.99 Å². The number of aliphatic hydroxyl groups is 1. The van der Waals surface area contributed by atoms with Gasteiger partial charge in [-0.05, 0) is 25.2 Å². The number of carbonyl (C=O) groups excluding carboxylic acids is 1. The Bertz CT molecular complexity index is 529. The molecule has 0 spiro atoms. The molecule has 13 nitrogen and oxygen atoms in total. The van der Waals surface area contributed by atoms with E-state index in [-0.39, 0.29) is 18.5 Å². The maximum absolute atomic E-state index is 10.2. The SMILES string of the molecule is CC(C)CC(N)C(=O)O.CC(N)=O.C[N+](C)(C)CCO.NC(N)=NCCCC(N)C(=O)O. The topological polar surface area (TPSA) is 254 Å². The fourth-order valence-corrected chi connectivity index (χ4v) is 1.55. The summed E-state index contributed by atoms with van der Waals surface area (Å²) < 4.78 is 0.844. The fourth-order valence-electron chi connectivity index (χ4n) is 1.55. The predicted octanol–water partition coefficient (Wildman–Crippen LogP) is -1.93. The summed E-state index contributed by atoms with van der Waals surface area (Å²) in [4.78, 5) is 33.2. The van der Waals surface area contributed by atoms with Crippen LogP contribution in [-0.2, 0) is 14.4 Å². The molecule has 0 fully saturated rings. The number of carbonyl (C=O) groups is 3. The third kappa shape index (κ3) is 46.0. The van der Waals surface area contributed by atoms with Crippen molar-refractivity contribution in [1.29, 1.82) is 0 Å². The Morgan fingerprint density at radius 1 is 0.938 bits per heavy atom. The van der Waals surface area contributed by atoms with Gasteiger partial charge in [0.25, 0.3) is 0 Å². The summed E-state index contributed by atoms with van der Waals surface area (Å²) in [6.07, 6.45) is 1.51. The van der Waals surface area contributed by atoms with Gasteiger partial charge < -0.3 is 48.5 Å². The Morgan fingerprint density at radius 2 is 1.34 bits per heavy atom. The molecular formula is C19H46N7O6+. The first-order chi connectivity index (χ1) is 14.4. The lowest BCUT2D eigenvalue weighted by Gasteiger charge is -2.21. The molecule has 0 aliphatic carbocycles. The fraction of sp³-hybridized carbons (Fsp3) is 0.789. The third-order valence-electron chi connectivity index (χ3n) is 3.10. The molecule has 192 valence electrons. The number of nitrogens with two attached hydrogens (primary N) is 5. The summed E-state index contributed by atoms with van der Waals surface area (Å²) in [5.41, 5.74) is 25.0. The zero-order chi connectivity index (χ0) is 26.5. The van der Waals surface area contributed by atoms with Crippen molar-refractivity contribution < 1.29 is 34.2 Å². The van der Waals surface area contributed by atoms with Crippen LogP contribution in [0.5, 0.6) is 0 Å². The molecule has 0 aromatic heterocycles. The lowest BCUT2D eigenvalue weighted by Crippen LogP contribution is -2.36. The summed E-state index contributed by atoms with van der Waals surface area (Å²) in [6, 6.07) is -1.51. The lowest BCUT2D eigenvalue weighted by molar-refractivity contribution is -0.870. The molecule has 0 bridgehead atoms. The molecule has 0 aromatic carbocycles. The van der Waals surface area contributed by atoms with Gasteiger partial charge in [-0.15, -0.1) is 0 Å². The van der Waals surface area contributed by atoms with Crippen molar-refractivity contribution in [3.63, 3.8) is 0 Å². The van der Waals surface area contributed by atoms with Crippen molar-refractivity contribution in [3.8, 4) is 0 Å². The number of aliphatic carboxylic acids is 2. The van der Waals surface area contributed by atoms with E-state index in [4.69, 9.17) is 38.3 Å². The van der Waals surface area contributed by atoms with E-state index in [2.05, 4.69) is 31.9 Å². The molecule has 2 unspecified atom stereocenters. The molecule has 0 radical (unpaired) electrons. The molecule has 0 saturated carbocycles. The van der Waals surface area contributed by atoms with Gasteiger partial charge in [0.05, 0.1) is 27.7 Å². The predicted molar refractivity (Wildman–Crippen MR) is 125 cm³/mol. The van der Waals surface area contributed by atoms with Crippen LogP contribution < -0.4 is 28.7 Å². The molecular weight excluding hydrogens is 422 g/mol. The second-order valence-electron chi connectivity index (χ2n) is 8.32. The molecule has 0 heterocycles. The third-order valence-corrected chi connectivity index (χ3v) is 3.10. The first-order valence-corrected chi connectivity index (χ1v) is 10.1. The molecule has 32 heavy (non-hydrogen) atoms. The van der Waals surface area contributed by atoms with Crippen molar-refractivity contribution in [2.75, 3.05) is 40.8 Å². The second-order valence-corrected chi connectivity index (χ2v) is 8.32. The van der Waals surface area contributed by atoms with Crippen LogP contribution in [0.3, 0.4) is 0 Å². The molecule has 13 N–H and O–H groups in total. The number of carboxylic acids is 2. The van der Waals surface area contributed by atoms with Gasteiger partial charge >= 0.3 is 11.9 Å². The Morgan fingerprint density at radius 3 is 1.53 bits per heavy atom. The zero-order valence-corrected chi connectivity index (χ0v) is 20.3. The van der Waals surface area contributed by atoms with E-state index in [1.54, 1.807) is 0 Å². The van der Waals surface area contributed by atoms with E-state index < -0.39 is 24.0 Å². The molecule has 2 atom stereocenters. The van der Waals surface area contributed by atoms with E-state index in [1.165, 1.54) is 6.92 Å². The van der Waals surface area contributed by atoms with Crippen LogP contribution in [0, 0.1) is 5.92 Å². The molecule has 0 saturated heterocycles. The van der Waals surface area contributed by atoms with Crippen molar-refractivity contribution in [1.82, 2.24) is 0 Å². The molecule has 0 aliphatic rings. The van der Waals surface area contributed by atoms with Gasteiger partial charge in [-0.1, -0.05) is 13.8 Å². The van der Waals surface area contributed by atoms with Crippen LogP contribution in [0.4, 0.5) is 0 Å². The number of nitrogens with zero attached hydrogens (tertiary/aromatic N) is 2. The minimum absolute atomic E-state index is 0.0129. The van der Waals surface area contributed by atoms with Crippen LogP contribution in [-0.4, -0.2) is 96.5 Å². The number of amides is 1. The van der Waals surface area contributed by atoms with E-state index in [9.17, 15) is 14.4 Å². The molecule has 0 rings (SSSR count). The van der Waals surface area contributed by atoms with E-state index in [0.29, 0.717) is 31.7 Å². The number of aliphatic hydroxyl groups excluding tert-OH is 1. The number of rotatable bonds is 10. The van der Waals surface area contributed by atoms with Gasteiger partial charge in [0.15, 0.2) is 5.96 Å². The number of guanidine groups is 1. The average Bonchev–Trinajstić information content (AvgIpc) is 2.57. The van der Waals surface area contributed by atoms with Crippen LogP contribution in [0.2, 0.25) is 0 Å². The van der Waals surface area contributed by atoms with Gasteiger partial charge in [0.2, 0.25) is 5.91 Å². The van der Waals surface area contributed by atoms with E-state index in [0.717, 1.165) is 11.0 Å². The van der Waals surface area contributed by atoms with Crippen molar-refractivity contribution in [3.05, 3.63) is 0 Å². The van der Waals surface area contributed by atoms with Gasteiger partial charge in [-0.3, -0.25) is 19.4 Å². The van der Waals surface area contributed by atoms with E-state index in [1.807, 2.05) is 13.8 Å². The van der Waals surface area contributed by atoms with Crippen molar-refractivity contribution >= 4 is 23.8 Å². The molecule has 0 aliphatic heterocycles. The highest BCUT2D eigenvalue weighted by Crippen LogP contribution is 2.01. The minimum atomic E-state index is -1.00. The summed E-state index contributed by atoms with van der Waals surface area (Å²) in [5.74, 6) is -1.88. The van der Waals surface area contributed by atoms with Gasteiger partial charge in [0.1, 0.15) is 18.6 Å². The van der Waals surface area contributed by atoms with Crippen LogP contribution >= 0.6 is 0 Å². The Balaban J connectivity index is -0.000000174. The smallest absolute Gasteiger partial charge is 0.320 e. The number of hydrogen-bond acceptors (Lipinski definition) is 7. The summed E-state index contributed by atoms with van der Waals surface area (Å²) in [6.45, 7) is 6.73. The highest BCUT2D eigenvalue weighted by molar-refractivity contribution is 5.75. The quantitative estimate of drug-likeness (QED) is 0.0762. The molecule has 1 amide bonds. The first-order valence-electron chi connectivity index (χ1n) is 10.1. The summed E-state index contributed by atoms with van der Waals surface area (Å²) in [5, 5.41) is 25.1. The summed E-state index contributed by atoms with van der Waals surface area (Å²) in [7, 11) is 6.16. The highest BCUT2D eigenvalue weighted by Gasteiger charge is 2.12. The molecule has 13 heteroatoms. The monoisotopic (exact) mass is 468 g/mol. The van der Waals surface area contributed by atoms with Gasteiger partial charge in [0, 0.05) is 13.5 Å². The summed E-state index contributed by atoms with van der Waals surface area (Å²) >= 11 is 0. The first kappa shape index (κ1) is 36.9. The zero-order valence-electron chi connectivity index (χ0n) is 20.3. The standard InChI is InChI=1S/C6H14N4O2.C6H13NO2.C5H14NO.C2H5NO/c7-4(5(11)12)2-1-3-10-6(8)9;1-4(2)3-5(7)6(8)9;1-6(2,3)4-5-7;1-2(3)4/h4H,1-3,7H2,(H,11,12)(H4,8,9,10);4-5H,3,7H2,1-2H3,(H,8,9);7H,4-5H2,1-3H3;1H3,(H2,3,4)/q;;+1;. The minimum Gasteiger partial charge on any atom is -0.480 e. The van der Waals surface area contributed by atoms with Gasteiger partial charge in [-0.25, -0.2) is 0 Å². The average molecular weight is 469 g/mol. The Kier molecular flexibility index (Phi) is 25.0. The lowest BCUT2D eigenvalue weighted by atomic mass is 10.1. The van der Waals surface area contributed by atoms with Crippen LogP contribution in [0.25, 0.3) is 0 Å². The largest absolute Gasteiger partial charge is 0.480 e. The highest BCUT2D eigenvalue weighted by atomic mass is 16.4. The Hall–Kier alpha value is -2.48. The van der Waals surface area contributed by atoms with Crippen molar-refractivity contribution in [2.45, 2.75) is 52.1 Å². The Labute approximate surface area is 191 Å². The second kappa shape index (κ2) is 21.7. The number of hydrogen-bond donors (Lipinski definition) is 8. The number of aliphatic imine (C=N–C) groups is 1. The van der Waals surface area contributed by atoms with E-state index >= 15 is 0 Å². The number of quaternary nitrogens is 1. The maximum Gasteiger partial charge on any atom is 0.320 e.